The van der Waals surface area contributed by atoms with Crippen LogP contribution in [-0.2, 0) is 0 Å². The van der Waals surface area contributed by atoms with Gasteiger partial charge in [-0.1, -0.05) is 45.9 Å². The molecular formula is C15H24N2S. The smallest absolute Gasteiger partial charge is 0.170 e. The minimum absolute atomic E-state index is 0.482. The molecule has 0 fully saturated rings. The van der Waals surface area contributed by atoms with E-state index in [4.69, 9.17) is 12.2 Å². The van der Waals surface area contributed by atoms with Crippen molar-refractivity contribution in [3.05, 3.63) is 29.3 Å². The molecule has 1 rings (SSSR count). The van der Waals surface area contributed by atoms with Crippen molar-refractivity contribution in [1.29, 1.82) is 0 Å². The molecule has 0 aliphatic carbocycles. The molecular weight excluding hydrogens is 240 g/mol. The average Bonchev–Trinajstić information content (AvgIpc) is 2.28. The van der Waals surface area contributed by atoms with Gasteiger partial charge in [0.2, 0.25) is 0 Å². The van der Waals surface area contributed by atoms with Gasteiger partial charge in [-0.2, -0.15) is 0 Å². The maximum Gasteiger partial charge on any atom is 0.170 e. The van der Waals surface area contributed by atoms with E-state index in [1.54, 1.807) is 0 Å². The third-order valence-electron chi connectivity index (χ3n) is 2.95. The van der Waals surface area contributed by atoms with Crippen molar-refractivity contribution < 1.29 is 0 Å². The highest BCUT2D eigenvalue weighted by Crippen LogP contribution is 2.32. The lowest BCUT2D eigenvalue weighted by molar-refractivity contribution is 0.838. The van der Waals surface area contributed by atoms with E-state index in [0.717, 1.165) is 6.54 Å². The number of para-hydroxylation sites is 1. The fraction of sp³-hybridized carbons (Fsp3) is 0.533. The Hall–Kier alpha value is -1.09. The number of hydrogen-bond acceptors (Lipinski definition) is 1. The molecule has 1 aromatic carbocycles. The van der Waals surface area contributed by atoms with Gasteiger partial charge in [-0.3, -0.25) is 0 Å². The van der Waals surface area contributed by atoms with Crippen LogP contribution in [0.3, 0.4) is 0 Å². The van der Waals surface area contributed by atoms with Crippen LogP contribution < -0.4 is 10.6 Å². The van der Waals surface area contributed by atoms with E-state index in [-0.39, 0.29) is 0 Å². The first-order valence-corrected chi connectivity index (χ1v) is 7.05. The van der Waals surface area contributed by atoms with Crippen LogP contribution in [0.5, 0.6) is 0 Å². The predicted molar refractivity (Wildman–Crippen MR) is 84.5 cm³/mol. The number of anilines is 1. The summed E-state index contributed by atoms with van der Waals surface area (Å²) in [5, 5.41) is 7.21. The van der Waals surface area contributed by atoms with Crippen molar-refractivity contribution in [2.24, 2.45) is 0 Å². The third kappa shape index (κ3) is 3.70. The molecule has 0 heterocycles. The van der Waals surface area contributed by atoms with Crippen LogP contribution in [0.25, 0.3) is 0 Å². The molecule has 0 unspecified atom stereocenters. The Balaban J connectivity index is 3.14. The minimum Gasteiger partial charge on any atom is -0.363 e. The molecule has 2 nitrogen and oxygen atoms in total. The molecule has 0 aliphatic heterocycles. The molecule has 3 heteroatoms. The Bertz CT molecular complexity index is 385. The quantitative estimate of drug-likeness (QED) is 0.795. The standard InChI is InChI=1S/C15H24N2S/c1-6-16-15(18)17-14-12(10(2)3)8-7-9-13(14)11(4)5/h7-11H,6H2,1-5H3,(H2,16,17,18). The summed E-state index contributed by atoms with van der Waals surface area (Å²) in [6.45, 7) is 11.7. The topological polar surface area (TPSA) is 24.1 Å². The van der Waals surface area contributed by atoms with E-state index < -0.39 is 0 Å². The van der Waals surface area contributed by atoms with Gasteiger partial charge in [0.1, 0.15) is 0 Å². The summed E-state index contributed by atoms with van der Waals surface area (Å²) < 4.78 is 0. The number of nitrogens with one attached hydrogen (secondary N) is 2. The molecule has 0 spiro atoms. The molecule has 0 amide bonds. The maximum absolute atomic E-state index is 5.31. The highest BCUT2D eigenvalue weighted by Gasteiger charge is 2.14. The fourth-order valence-corrected chi connectivity index (χ4v) is 2.26. The van der Waals surface area contributed by atoms with Crippen LogP contribution in [0.4, 0.5) is 5.69 Å². The molecule has 18 heavy (non-hydrogen) atoms. The van der Waals surface area contributed by atoms with E-state index in [0.29, 0.717) is 16.9 Å². The summed E-state index contributed by atoms with van der Waals surface area (Å²) in [5.41, 5.74) is 3.82. The average molecular weight is 264 g/mol. The van der Waals surface area contributed by atoms with Gasteiger partial charge in [-0.25, -0.2) is 0 Å². The molecule has 0 aliphatic rings. The third-order valence-corrected chi connectivity index (χ3v) is 3.20. The van der Waals surface area contributed by atoms with Crippen molar-refractivity contribution >= 4 is 23.0 Å². The van der Waals surface area contributed by atoms with Crippen LogP contribution in [0.15, 0.2) is 18.2 Å². The van der Waals surface area contributed by atoms with Crippen LogP contribution >= 0.6 is 12.2 Å². The zero-order valence-electron chi connectivity index (χ0n) is 12.0. The zero-order chi connectivity index (χ0) is 13.7. The van der Waals surface area contributed by atoms with Gasteiger partial charge < -0.3 is 10.6 Å². The highest BCUT2D eigenvalue weighted by molar-refractivity contribution is 7.80. The van der Waals surface area contributed by atoms with E-state index in [2.05, 4.69) is 56.5 Å². The van der Waals surface area contributed by atoms with Crippen LogP contribution in [-0.4, -0.2) is 11.7 Å². The Morgan fingerprint density at radius 2 is 1.61 bits per heavy atom. The second-order valence-electron chi connectivity index (χ2n) is 5.11. The molecule has 0 radical (unpaired) electrons. The highest BCUT2D eigenvalue weighted by atomic mass is 32.1. The first-order chi connectivity index (χ1) is 8.47. The van der Waals surface area contributed by atoms with Crippen LogP contribution in [0.2, 0.25) is 0 Å². The van der Waals surface area contributed by atoms with Crippen molar-refractivity contribution in [3.8, 4) is 0 Å². The number of rotatable bonds is 4. The number of benzene rings is 1. The summed E-state index contributed by atoms with van der Waals surface area (Å²) in [6.07, 6.45) is 0. The molecule has 2 N–H and O–H groups in total. The van der Waals surface area contributed by atoms with Gasteiger partial charge in [0.05, 0.1) is 0 Å². The van der Waals surface area contributed by atoms with Crippen LogP contribution in [0.1, 0.15) is 57.6 Å². The predicted octanol–water partition coefficient (Wildman–Crippen LogP) is 4.24. The Morgan fingerprint density at radius 1 is 1.11 bits per heavy atom. The lowest BCUT2D eigenvalue weighted by atomic mass is 9.93. The van der Waals surface area contributed by atoms with E-state index >= 15 is 0 Å². The molecule has 1 aromatic rings. The molecule has 100 valence electrons. The molecule has 0 aromatic heterocycles. The normalized spacial score (nSPS) is 10.8. The largest absolute Gasteiger partial charge is 0.363 e. The van der Waals surface area contributed by atoms with Gasteiger partial charge in [0.25, 0.3) is 0 Å². The fourth-order valence-electron chi connectivity index (χ4n) is 2.01. The van der Waals surface area contributed by atoms with Crippen molar-refractivity contribution in [1.82, 2.24) is 5.32 Å². The number of hydrogen-bond donors (Lipinski definition) is 2. The molecule has 0 bridgehead atoms. The van der Waals surface area contributed by atoms with Crippen LogP contribution in [0, 0.1) is 0 Å². The first-order valence-electron chi connectivity index (χ1n) is 6.65. The summed E-state index contributed by atoms with van der Waals surface area (Å²) in [5.74, 6) is 0.964. The summed E-state index contributed by atoms with van der Waals surface area (Å²) in [6, 6.07) is 6.48. The maximum atomic E-state index is 5.31. The Kier molecular flexibility index (Phi) is 5.60. The van der Waals surface area contributed by atoms with Gasteiger partial charge in [0, 0.05) is 12.2 Å². The lowest BCUT2D eigenvalue weighted by Gasteiger charge is -2.21. The monoisotopic (exact) mass is 264 g/mol. The first kappa shape index (κ1) is 15.0. The number of thiocarbonyl (C=S) groups is 1. The van der Waals surface area contributed by atoms with E-state index in [9.17, 15) is 0 Å². The Morgan fingerprint density at radius 3 is 2.00 bits per heavy atom. The van der Waals surface area contributed by atoms with Crippen molar-refractivity contribution in [2.75, 3.05) is 11.9 Å². The minimum atomic E-state index is 0.482. The molecule has 0 saturated carbocycles. The van der Waals surface area contributed by atoms with Crippen molar-refractivity contribution in [3.63, 3.8) is 0 Å². The summed E-state index contributed by atoms with van der Waals surface area (Å²) in [7, 11) is 0. The second-order valence-corrected chi connectivity index (χ2v) is 5.51. The van der Waals surface area contributed by atoms with Gasteiger partial charge >= 0.3 is 0 Å². The van der Waals surface area contributed by atoms with Gasteiger partial charge in [-0.05, 0) is 42.1 Å². The summed E-state index contributed by atoms with van der Waals surface area (Å²) >= 11 is 5.31. The summed E-state index contributed by atoms with van der Waals surface area (Å²) in [4.78, 5) is 0. The second kappa shape index (κ2) is 6.74. The lowest BCUT2D eigenvalue weighted by Crippen LogP contribution is -2.29. The van der Waals surface area contributed by atoms with E-state index in [1.807, 2.05) is 6.92 Å². The van der Waals surface area contributed by atoms with Gasteiger partial charge in [-0.15, -0.1) is 0 Å². The van der Waals surface area contributed by atoms with Gasteiger partial charge in [0.15, 0.2) is 5.11 Å². The molecule has 0 saturated heterocycles. The SMILES string of the molecule is CCNC(=S)Nc1c(C(C)C)cccc1C(C)C. The van der Waals surface area contributed by atoms with E-state index in [1.165, 1.54) is 16.8 Å². The zero-order valence-corrected chi connectivity index (χ0v) is 12.8. The van der Waals surface area contributed by atoms with Crippen molar-refractivity contribution in [2.45, 2.75) is 46.5 Å². The molecule has 0 atom stereocenters. The Labute approximate surface area is 116 Å².